The molecule has 2 rings (SSSR count). The van der Waals surface area contributed by atoms with Crippen molar-refractivity contribution in [3.8, 4) is 5.75 Å². The van der Waals surface area contributed by atoms with Gasteiger partial charge in [0.25, 0.3) is 0 Å². The molecule has 0 saturated heterocycles. The van der Waals surface area contributed by atoms with E-state index in [2.05, 4.69) is 25.2 Å². The van der Waals surface area contributed by atoms with Crippen molar-refractivity contribution in [1.82, 2.24) is 5.32 Å². The number of methoxy groups -OCH3 is 1. The predicted molar refractivity (Wildman–Crippen MR) is 79.4 cm³/mol. The number of halogens is 1. The topological polar surface area (TPSA) is 21.3 Å². The number of ether oxygens (including phenoxy) is 1. The summed E-state index contributed by atoms with van der Waals surface area (Å²) >= 11 is 0. The SMILES string of the molecule is COc1cccc(C(C)N[C@H](C)c2ccc(F)cc2)c1. The largest absolute Gasteiger partial charge is 0.497 e. The lowest BCUT2D eigenvalue weighted by Crippen LogP contribution is -2.22. The Kier molecular flexibility index (Phi) is 4.74. The molecule has 0 aliphatic rings. The molecule has 0 aliphatic carbocycles. The van der Waals surface area contributed by atoms with Crippen LogP contribution < -0.4 is 10.1 Å². The molecule has 20 heavy (non-hydrogen) atoms. The molecule has 2 aromatic carbocycles. The molecule has 2 nitrogen and oxygen atoms in total. The maximum absolute atomic E-state index is 12.9. The Labute approximate surface area is 119 Å². The summed E-state index contributed by atoms with van der Waals surface area (Å²) in [6.45, 7) is 4.18. The minimum absolute atomic E-state index is 0.150. The van der Waals surface area contributed by atoms with E-state index < -0.39 is 0 Å². The normalized spacial score (nSPS) is 13.8. The van der Waals surface area contributed by atoms with E-state index in [0.29, 0.717) is 0 Å². The number of rotatable bonds is 5. The third-order valence-corrected chi connectivity index (χ3v) is 3.46. The maximum atomic E-state index is 12.9. The number of nitrogens with one attached hydrogen (secondary N) is 1. The third kappa shape index (κ3) is 3.58. The predicted octanol–water partition coefficient (Wildman–Crippen LogP) is 4.25. The van der Waals surface area contributed by atoms with Crippen LogP contribution in [-0.4, -0.2) is 7.11 Å². The van der Waals surface area contributed by atoms with Crippen LogP contribution >= 0.6 is 0 Å². The second-order valence-corrected chi connectivity index (χ2v) is 4.94. The molecule has 0 radical (unpaired) electrons. The fourth-order valence-corrected chi connectivity index (χ4v) is 2.23. The van der Waals surface area contributed by atoms with Gasteiger partial charge in [-0.1, -0.05) is 24.3 Å². The van der Waals surface area contributed by atoms with Gasteiger partial charge in [0.15, 0.2) is 0 Å². The van der Waals surface area contributed by atoms with Crippen molar-refractivity contribution < 1.29 is 9.13 Å². The van der Waals surface area contributed by atoms with Gasteiger partial charge in [0.1, 0.15) is 11.6 Å². The van der Waals surface area contributed by atoms with E-state index >= 15 is 0 Å². The first-order valence-corrected chi connectivity index (χ1v) is 6.75. The molecule has 106 valence electrons. The van der Waals surface area contributed by atoms with Crippen LogP contribution in [0.3, 0.4) is 0 Å². The molecule has 0 spiro atoms. The van der Waals surface area contributed by atoms with Crippen LogP contribution in [0.4, 0.5) is 4.39 Å². The van der Waals surface area contributed by atoms with Crippen molar-refractivity contribution in [2.24, 2.45) is 0 Å². The summed E-state index contributed by atoms with van der Waals surface area (Å²) in [5.41, 5.74) is 2.24. The number of hydrogen-bond donors (Lipinski definition) is 1. The Balaban J connectivity index is 2.06. The summed E-state index contributed by atoms with van der Waals surface area (Å²) in [5.74, 6) is 0.646. The van der Waals surface area contributed by atoms with E-state index in [0.717, 1.165) is 11.3 Å². The summed E-state index contributed by atoms with van der Waals surface area (Å²) in [5, 5.41) is 3.51. The van der Waals surface area contributed by atoms with Crippen molar-refractivity contribution >= 4 is 0 Å². The monoisotopic (exact) mass is 273 g/mol. The standard InChI is InChI=1S/C17H20FNO/c1-12(14-7-9-16(18)10-8-14)19-13(2)15-5-4-6-17(11-15)20-3/h4-13,19H,1-3H3/t12-,13?/m1/s1. The molecule has 0 aromatic heterocycles. The average molecular weight is 273 g/mol. The second kappa shape index (κ2) is 6.53. The molecule has 0 aliphatic heterocycles. The summed E-state index contributed by atoms with van der Waals surface area (Å²) < 4.78 is 18.2. The van der Waals surface area contributed by atoms with Crippen LogP contribution in [0, 0.1) is 5.82 Å². The van der Waals surface area contributed by atoms with E-state index in [-0.39, 0.29) is 17.9 Å². The highest BCUT2D eigenvalue weighted by atomic mass is 19.1. The molecule has 1 N–H and O–H groups in total. The van der Waals surface area contributed by atoms with Crippen molar-refractivity contribution in [2.45, 2.75) is 25.9 Å². The minimum atomic E-state index is -0.207. The fraction of sp³-hybridized carbons (Fsp3) is 0.294. The van der Waals surface area contributed by atoms with Crippen LogP contribution in [0.1, 0.15) is 37.1 Å². The zero-order chi connectivity index (χ0) is 14.5. The Morgan fingerprint density at radius 3 is 2.25 bits per heavy atom. The first kappa shape index (κ1) is 14.5. The molecule has 0 heterocycles. The first-order valence-electron chi connectivity index (χ1n) is 6.75. The van der Waals surface area contributed by atoms with Gasteiger partial charge in [-0.3, -0.25) is 0 Å². The van der Waals surface area contributed by atoms with E-state index in [9.17, 15) is 4.39 Å². The van der Waals surface area contributed by atoms with E-state index in [1.54, 1.807) is 7.11 Å². The van der Waals surface area contributed by atoms with Gasteiger partial charge in [0.2, 0.25) is 0 Å². The smallest absolute Gasteiger partial charge is 0.123 e. The molecular weight excluding hydrogens is 253 g/mol. The van der Waals surface area contributed by atoms with Crippen molar-refractivity contribution in [2.75, 3.05) is 7.11 Å². The number of hydrogen-bond acceptors (Lipinski definition) is 2. The molecular formula is C17H20FNO. The lowest BCUT2D eigenvalue weighted by molar-refractivity contribution is 0.412. The lowest BCUT2D eigenvalue weighted by atomic mass is 10.0. The first-order chi connectivity index (χ1) is 9.60. The van der Waals surface area contributed by atoms with E-state index in [4.69, 9.17) is 4.74 Å². The lowest BCUT2D eigenvalue weighted by Gasteiger charge is -2.21. The van der Waals surface area contributed by atoms with Crippen LogP contribution in [0.15, 0.2) is 48.5 Å². The highest BCUT2D eigenvalue weighted by Crippen LogP contribution is 2.22. The molecule has 1 unspecified atom stereocenters. The molecule has 3 heteroatoms. The van der Waals surface area contributed by atoms with Crippen molar-refractivity contribution in [3.63, 3.8) is 0 Å². The molecule has 0 amide bonds. The van der Waals surface area contributed by atoms with Gasteiger partial charge in [0.05, 0.1) is 7.11 Å². The quantitative estimate of drug-likeness (QED) is 0.879. The summed E-state index contributed by atoms with van der Waals surface area (Å²) in [7, 11) is 1.67. The van der Waals surface area contributed by atoms with E-state index in [1.165, 1.54) is 17.7 Å². The van der Waals surface area contributed by atoms with Gasteiger partial charge in [-0.2, -0.15) is 0 Å². The highest BCUT2D eigenvalue weighted by Gasteiger charge is 2.11. The molecule has 2 atom stereocenters. The molecule has 0 fully saturated rings. The maximum Gasteiger partial charge on any atom is 0.123 e. The summed E-state index contributed by atoms with van der Waals surface area (Å²) in [6, 6.07) is 14.9. The van der Waals surface area contributed by atoms with Crippen molar-refractivity contribution in [1.29, 1.82) is 0 Å². The third-order valence-electron chi connectivity index (χ3n) is 3.46. The van der Waals surface area contributed by atoms with Gasteiger partial charge in [0, 0.05) is 12.1 Å². The average Bonchev–Trinajstić information content (AvgIpc) is 2.47. The highest BCUT2D eigenvalue weighted by molar-refractivity contribution is 5.30. The van der Waals surface area contributed by atoms with Gasteiger partial charge < -0.3 is 10.1 Å². The Morgan fingerprint density at radius 1 is 0.950 bits per heavy atom. The fourth-order valence-electron chi connectivity index (χ4n) is 2.23. The zero-order valence-corrected chi connectivity index (χ0v) is 12.1. The van der Waals surface area contributed by atoms with Crippen LogP contribution in [-0.2, 0) is 0 Å². The van der Waals surface area contributed by atoms with Crippen LogP contribution in [0.25, 0.3) is 0 Å². The van der Waals surface area contributed by atoms with Gasteiger partial charge in [-0.15, -0.1) is 0 Å². The Bertz CT molecular complexity index is 553. The van der Waals surface area contributed by atoms with Crippen LogP contribution in [0.5, 0.6) is 5.75 Å². The summed E-state index contributed by atoms with van der Waals surface area (Å²) in [4.78, 5) is 0. The molecule has 0 bridgehead atoms. The zero-order valence-electron chi connectivity index (χ0n) is 12.1. The number of benzene rings is 2. The second-order valence-electron chi connectivity index (χ2n) is 4.94. The van der Waals surface area contributed by atoms with Gasteiger partial charge in [-0.25, -0.2) is 4.39 Å². The van der Waals surface area contributed by atoms with Crippen molar-refractivity contribution in [3.05, 3.63) is 65.5 Å². The Morgan fingerprint density at radius 2 is 1.60 bits per heavy atom. The molecule has 2 aromatic rings. The van der Waals surface area contributed by atoms with Gasteiger partial charge in [-0.05, 0) is 49.2 Å². The Hall–Kier alpha value is -1.87. The summed E-state index contributed by atoms with van der Waals surface area (Å²) in [6.07, 6.45) is 0. The minimum Gasteiger partial charge on any atom is -0.497 e. The van der Waals surface area contributed by atoms with E-state index in [1.807, 2.05) is 30.3 Å². The molecule has 0 saturated carbocycles. The van der Waals surface area contributed by atoms with Crippen LogP contribution in [0.2, 0.25) is 0 Å². The van der Waals surface area contributed by atoms with Gasteiger partial charge >= 0.3 is 0 Å².